The summed E-state index contributed by atoms with van der Waals surface area (Å²) >= 11 is 0. The van der Waals surface area contributed by atoms with Crippen molar-refractivity contribution < 1.29 is 57.6 Å². The first-order valence-corrected chi connectivity index (χ1v) is 23.9. The molecule has 0 radical (unpaired) electrons. The van der Waals surface area contributed by atoms with Gasteiger partial charge in [-0.25, -0.2) is 14.4 Å². The minimum atomic E-state index is -1.60. The van der Waals surface area contributed by atoms with E-state index in [1.54, 1.807) is 54.6 Å². The van der Waals surface area contributed by atoms with E-state index < -0.39 is 96.4 Å². The van der Waals surface area contributed by atoms with Crippen LogP contribution in [0.25, 0.3) is 0 Å². The van der Waals surface area contributed by atoms with Crippen molar-refractivity contribution in [3.8, 4) is 0 Å². The standard InChI is InChI=1S/C52H78N4O12/c1-31(2)25-39-49(61)65-35(9)45(57)53(11)42(28-34(7)8)52(64)68-44(30-38-23-19-16-20-24-38)48(60)56(14)40(26-32(3)4)50(62)66-36(10)46(58)54(12)41(27-33(5)6)51(63)67-43(47(59)55(39)13)29-37-21-17-15-18-22-37/h15-24,31-36,39-44,47,59H,25-30H2,1-14H3/t35-,36-,39+,40+,41+,42+,43-,44-,47?/m1/s1. The molecule has 2 aromatic rings. The van der Waals surface area contributed by atoms with Crippen LogP contribution in [0.5, 0.6) is 0 Å². The normalized spacial score (nSPS) is 26.5. The van der Waals surface area contributed by atoms with Gasteiger partial charge in [-0.1, -0.05) is 116 Å². The van der Waals surface area contributed by atoms with Gasteiger partial charge in [0.15, 0.2) is 18.3 Å². The zero-order valence-electron chi connectivity index (χ0n) is 42.7. The minimum Gasteiger partial charge on any atom is -0.456 e. The highest BCUT2D eigenvalue weighted by molar-refractivity contribution is 5.93. The van der Waals surface area contributed by atoms with Crippen LogP contribution in [-0.2, 0) is 65.4 Å². The van der Waals surface area contributed by atoms with Crippen molar-refractivity contribution in [2.75, 3.05) is 28.2 Å². The fourth-order valence-electron chi connectivity index (χ4n) is 8.28. The summed E-state index contributed by atoms with van der Waals surface area (Å²) in [6.45, 7) is 17.7. The third kappa shape index (κ3) is 16.4. The largest absolute Gasteiger partial charge is 0.456 e. The number of amides is 3. The van der Waals surface area contributed by atoms with Gasteiger partial charge >= 0.3 is 23.9 Å². The highest BCUT2D eigenvalue weighted by atomic mass is 16.6. The van der Waals surface area contributed by atoms with Gasteiger partial charge in [0.1, 0.15) is 36.5 Å². The Morgan fingerprint density at radius 2 is 0.779 bits per heavy atom. The second-order valence-corrected chi connectivity index (χ2v) is 19.9. The SMILES string of the molecule is CC(C)C[C@H]1C(=O)O[C@H](Cc2ccccc2)C(O)N(C)[C@@H](CC(C)C)C(=O)O[C@H](C)C(=O)N(C)[C@@H](CC(C)C)C(=O)O[C@H](Cc2ccccc2)C(=O)N(C)[C@@H](CC(C)C)C(=O)O[C@H](C)C(=O)N1C. The second kappa shape index (κ2) is 26.4. The van der Waals surface area contributed by atoms with E-state index in [1.165, 1.54) is 46.9 Å². The number of hydrogen-bond acceptors (Lipinski definition) is 13. The molecule has 3 amide bonds. The summed E-state index contributed by atoms with van der Waals surface area (Å²) in [5.74, 6) is -6.12. The molecule has 9 atom stereocenters. The molecule has 16 nitrogen and oxygen atoms in total. The number of likely N-dealkylation sites (N-methyl/N-ethyl adjacent to an activating group) is 4. The third-order valence-electron chi connectivity index (χ3n) is 12.2. The fourth-order valence-corrected chi connectivity index (χ4v) is 8.28. The van der Waals surface area contributed by atoms with Crippen molar-refractivity contribution in [2.45, 2.75) is 163 Å². The van der Waals surface area contributed by atoms with Crippen molar-refractivity contribution in [1.29, 1.82) is 0 Å². The van der Waals surface area contributed by atoms with E-state index in [0.717, 1.165) is 14.7 Å². The van der Waals surface area contributed by atoms with Crippen LogP contribution >= 0.6 is 0 Å². The fraction of sp³-hybridized carbons (Fsp3) is 0.635. The van der Waals surface area contributed by atoms with Crippen molar-refractivity contribution in [2.24, 2.45) is 23.7 Å². The first kappa shape index (κ1) is 57.0. The van der Waals surface area contributed by atoms with E-state index in [4.69, 9.17) is 18.9 Å². The Bertz CT molecular complexity index is 1980. The number of aliphatic hydroxyl groups excluding tert-OH is 1. The van der Waals surface area contributed by atoms with Crippen LogP contribution in [0.4, 0.5) is 0 Å². The van der Waals surface area contributed by atoms with Crippen LogP contribution in [0.3, 0.4) is 0 Å². The molecule has 0 bridgehead atoms. The lowest BCUT2D eigenvalue weighted by Crippen LogP contribution is -2.56. The van der Waals surface area contributed by atoms with E-state index in [-0.39, 0.29) is 62.2 Å². The maximum absolute atomic E-state index is 14.6. The van der Waals surface area contributed by atoms with Gasteiger partial charge in [0.25, 0.3) is 17.7 Å². The smallest absolute Gasteiger partial charge is 0.329 e. The van der Waals surface area contributed by atoms with Crippen LogP contribution < -0.4 is 0 Å². The van der Waals surface area contributed by atoms with Gasteiger partial charge in [-0.2, -0.15) is 0 Å². The zero-order chi connectivity index (χ0) is 51.2. The number of benzene rings is 2. The average molecular weight is 951 g/mol. The predicted octanol–water partition coefficient (Wildman–Crippen LogP) is 5.46. The topological polar surface area (TPSA) is 190 Å². The number of aliphatic hydroxyl groups is 1. The summed E-state index contributed by atoms with van der Waals surface area (Å²) in [5.41, 5.74) is 1.37. The van der Waals surface area contributed by atoms with Crippen molar-refractivity contribution >= 4 is 41.6 Å². The first-order chi connectivity index (χ1) is 31.8. The molecule has 3 rings (SSSR count). The number of hydrogen-bond donors (Lipinski definition) is 1. The van der Waals surface area contributed by atoms with Crippen LogP contribution in [0.15, 0.2) is 60.7 Å². The maximum Gasteiger partial charge on any atom is 0.329 e. The Kier molecular flexibility index (Phi) is 22.1. The summed E-state index contributed by atoms with van der Waals surface area (Å²) in [4.78, 5) is 105. The molecule has 2 aromatic carbocycles. The molecule has 378 valence electrons. The lowest BCUT2D eigenvalue weighted by molar-refractivity contribution is -0.182. The lowest BCUT2D eigenvalue weighted by atomic mass is 9.99. The molecule has 1 aliphatic rings. The number of carbonyl (C=O) groups is 7. The molecule has 0 saturated carbocycles. The molecule has 1 N–H and O–H groups in total. The van der Waals surface area contributed by atoms with Gasteiger partial charge in [-0.15, -0.1) is 0 Å². The Labute approximate surface area is 403 Å². The van der Waals surface area contributed by atoms with Crippen molar-refractivity contribution in [3.05, 3.63) is 71.8 Å². The summed E-state index contributed by atoms with van der Waals surface area (Å²) in [7, 11) is 5.71. The summed E-state index contributed by atoms with van der Waals surface area (Å²) in [6, 6.07) is 13.1. The van der Waals surface area contributed by atoms with Crippen LogP contribution in [0, 0.1) is 23.7 Å². The van der Waals surface area contributed by atoms with Crippen molar-refractivity contribution in [3.63, 3.8) is 0 Å². The van der Waals surface area contributed by atoms with Crippen LogP contribution in [0.2, 0.25) is 0 Å². The van der Waals surface area contributed by atoms with Gasteiger partial charge in [0.05, 0.1) is 0 Å². The van der Waals surface area contributed by atoms with E-state index in [0.29, 0.717) is 11.1 Å². The van der Waals surface area contributed by atoms with Crippen LogP contribution in [0.1, 0.15) is 106 Å². The second-order valence-electron chi connectivity index (χ2n) is 19.9. The average Bonchev–Trinajstić information content (AvgIpc) is 3.28. The van der Waals surface area contributed by atoms with Crippen LogP contribution in [-0.4, -0.2) is 149 Å². The third-order valence-corrected chi connectivity index (χ3v) is 12.2. The van der Waals surface area contributed by atoms with E-state index in [9.17, 15) is 38.7 Å². The predicted molar refractivity (Wildman–Crippen MR) is 256 cm³/mol. The molecule has 1 saturated heterocycles. The van der Waals surface area contributed by atoms with Gasteiger partial charge in [-0.3, -0.25) is 24.1 Å². The maximum atomic E-state index is 14.6. The molecule has 16 heteroatoms. The number of carbonyl (C=O) groups excluding carboxylic acids is 7. The molecule has 1 aliphatic heterocycles. The number of cyclic esters (lactones) is 4. The van der Waals surface area contributed by atoms with E-state index in [2.05, 4.69) is 0 Å². The lowest BCUT2D eigenvalue weighted by Gasteiger charge is -2.37. The molecular formula is C52H78N4O12. The molecule has 0 aliphatic carbocycles. The molecule has 68 heavy (non-hydrogen) atoms. The minimum absolute atomic E-state index is 0.0182. The highest BCUT2D eigenvalue weighted by Crippen LogP contribution is 2.25. The van der Waals surface area contributed by atoms with Gasteiger partial charge in [0, 0.05) is 34.0 Å². The Morgan fingerprint density at radius 3 is 1.18 bits per heavy atom. The van der Waals surface area contributed by atoms with E-state index in [1.807, 2.05) is 61.5 Å². The Hall–Kier alpha value is -5.35. The molecule has 1 fully saturated rings. The summed E-state index contributed by atoms with van der Waals surface area (Å²) in [6.07, 6.45) is -6.68. The molecule has 1 heterocycles. The first-order valence-electron chi connectivity index (χ1n) is 23.9. The number of esters is 4. The quantitative estimate of drug-likeness (QED) is 0.209. The monoisotopic (exact) mass is 951 g/mol. The highest BCUT2D eigenvalue weighted by Gasteiger charge is 2.43. The summed E-state index contributed by atoms with van der Waals surface area (Å²) in [5, 5.41) is 12.1. The molecule has 0 spiro atoms. The number of nitrogens with zero attached hydrogens (tertiary/aromatic N) is 4. The zero-order valence-corrected chi connectivity index (χ0v) is 42.7. The molecular weight excluding hydrogens is 873 g/mol. The Balaban J connectivity index is 2.24. The van der Waals surface area contributed by atoms with E-state index >= 15 is 0 Å². The van der Waals surface area contributed by atoms with Gasteiger partial charge in [0.2, 0.25) is 0 Å². The molecule has 0 aromatic heterocycles. The Morgan fingerprint density at radius 1 is 0.456 bits per heavy atom. The number of rotatable bonds is 12. The van der Waals surface area contributed by atoms with Gasteiger partial charge < -0.3 is 38.8 Å². The van der Waals surface area contributed by atoms with Gasteiger partial charge in [-0.05, 0) is 81.4 Å². The molecule has 1 unspecified atom stereocenters. The summed E-state index contributed by atoms with van der Waals surface area (Å²) < 4.78 is 23.9. The number of ether oxygens (including phenoxy) is 4. The van der Waals surface area contributed by atoms with Crippen molar-refractivity contribution in [1.82, 2.24) is 19.6 Å².